The number of rotatable bonds is 3. The number of aliphatic carboxylic acids is 1. The van der Waals surface area contributed by atoms with Crippen LogP contribution >= 0.6 is 11.8 Å². The van der Waals surface area contributed by atoms with Gasteiger partial charge in [0.15, 0.2) is 0 Å². The van der Waals surface area contributed by atoms with Crippen LogP contribution in [0.25, 0.3) is 0 Å². The van der Waals surface area contributed by atoms with Gasteiger partial charge in [-0.2, -0.15) is 11.8 Å². The van der Waals surface area contributed by atoms with E-state index in [0.29, 0.717) is 18.8 Å². The zero-order chi connectivity index (χ0) is 13.8. The van der Waals surface area contributed by atoms with Gasteiger partial charge in [0.05, 0.1) is 12.5 Å². The number of hydrogen-bond acceptors (Lipinski definition) is 3. The average molecular weight is 274 g/mol. The molecular weight excluding hydrogens is 252 g/mol. The maximum absolute atomic E-state index is 12.0. The molecule has 104 valence electrons. The second-order valence-corrected chi connectivity index (χ2v) is 6.89. The summed E-state index contributed by atoms with van der Waals surface area (Å²) in [6.45, 7) is 7.37. The summed E-state index contributed by atoms with van der Waals surface area (Å²) in [7, 11) is 0. The third-order valence-electron chi connectivity index (χ3n) is 2.67. The lowest BCUT2D eigenvalue weighted by atomic mass is 9.97. The van der Waals surface area contributed by atoms with Crippen molar-refractivity contribution < 1.29 is 14.7 Å². The van der Waals surface area contributed by atoms with Gasteiger partial charge >= 0.3 is 12.0 Å². The van der Waals surface area contributed by atoms with E-state index in [-0.39, 0.29) is 23.9 Å². The molecule has 0 aromatic heterocycles. The number of urea groups is 1. The van der Waals surface area contributed by atoms with E-state index in [1.54, 1.807) is 16.7 Å². The molecule has 1 fully saturated rings. The molecule has 1 atom stereocenters. The standard InChI is InChI=1S/C12H22N2O3S/c1-12(2,3)8-13-11(17)14-4-5-18-7-9(14)6-10(15)16/h9H,4-8H2,1-3H3,(H,13,17)(H,15,16). The van der Waals surface area contributed by atoms with Crippen molar-refractivity contribution in [1.29, 1.82) is 0 Å². The Morgan fingerprint density at radius 2 is 2.11 bits per heavy atom. The summed E-state index contributed by atoms with van der Waals surface area (Å²) in [6, 6.07) is -0.335. The molecule has 2 amide bonds. The molecule has 0 spiro atoms. The molecule has 1 saturated heterocycles. The van der Waals surface area contributed by atoms with E-state index in [2.05, 4.69) is 5.32 Å². The Bertz CT molecular complexity index is 315. The lowest BCUT2D eigenvalue weighted by molar-refractivity contribution is -0.138. The summed E-state index contributed by atoms with van der Waals surface area (Å²) in [5.74, 6) is 0.727. The Morgan fingerprint density at radius 1 is 1.44 bits per heavy atom. The summed E-state index contributed by atoms with van der Waals surface area (Å²) in [4.78, 5) is 24.5. The first kappa shape index (κ1) is 15.1. The van der Waals surface area contributed by atoms with Crippen molar-refractivity contribution in [2.75, 3.05) is 24.6 Å². The molecule has 1 rings (SSSR count). The lowest BCUT2D eigenvalue weighted by Gasteiger charge is -2.35. The van der Waals surface area contributed by atoms with E-state index in [0.717, 1.165) is 5.75 Å². The second kappa shape index (κ2) is 6.31. The first-order valence-electron chi connectivity index (χ1n) is 6.13. The normalized spacial score (nSPS) is 20.6. The number of hydrogen-bond donors (Lipinski definition) is 2. The Kier molecular flexibility index (Phi) is 5.31. The number of carboxylic acids is 1. The van der Waals surface area contributed by atoms with Crippen molar-refractivity contribution in [2.45, 2.75) is 33.2 Å². The van der Waals surface area contributed by atoms with Crippen LogP contribution in [-0.4, -0.2) is 52.6 Å². The highest BCUT2D eigenvalue weighted by atomic mass is 32.2. The number of nitrogens with one attached hydrogen (secondary N) is 1. The van der Waals surface area contributed by atoms with Crippen molar-refractivity contribution in [2.24, 2.45) is 5.41 Å². The van der Waals surface area contributed by atoms with E-state index < -0.39 is 5.97 Å². The molecule has 1 aliphatic heterocycles. The third-order valence-corrected chi connectivity index (χ3v) is 3.76. The summed E-state index contributed by atoms with van der Waals surface area (Å²) >= 11 is 1.70. The number of amides is 2. The number of carbonyl (C=O) groups is 2. The maximum atomic E-state index is 12.0. The summed E-state index contributed by atoms with van der Waals surface area (Å²) in [6.07, 6.45) is 0.0237. The van der Waals surface area contributed by atoms with E-state index in [1.807, 2.05) is 20.8 Å². The quantitative estimate of drug-likeness (QED) is 0.821. The molecule has 6 heteroatoms. The van der Waals surface area contributed by atoms with Crippen LogP contribution in [0.1, 0.15) is 27.2 Å². The van der Waals surface area contributed by atoms with Crippen LogP contribution in [0.15, 0.2) is 0 Å². The van der Waals surface area contributed by atoms with Crippen molar-refractivity contribution in [3.05, 3.63) is 0 Å². The molecule has 2 N–H and O–H groups in total. The summed E-state index contributed by atoms with van der Waals surface area (Å²) in [5, 5.41) is 11.7. The van der Waals surface area contributed by atoms with Gasteiger partial charge in [0, 0.05) is 24.6 Å². The minimum atomic E-state index is -0.851. The van der Waals surface area contributed by atoms with Crippen LogP contribution in [0, 0.1) is 5.41 Å². The van der Waals surface area contributed by atoms with E-state index in [1.165, 1.54) is 0 Å². The van der Waals surface area contributed by atoms with Gasteiger partial charge in [0.2, 0.25) is 0 Å². The highest BCUT2D eigenvalue weighted by Crippen LogP contribution is 2.19. The highest BCUT2D eigenvalue weighted by molar-refractivity contribution is 7.99. The van der Waals surface area contributed by atoms with Gasteiger partial charge in [-0.25, -0.2) is 4.79 Å². The molecule has 0 radical (unpaired) electrons. The van der Waals surface area contributed by atoms with Gasteiger partial charge < -0.3 is 15.3 Å². The fourth-order valence-corrected chi connectivity index (χ4v) is 2.80. The molecule has 5 nitrogen and oxygen atoms in total. The van der Waals surface area contributed by atoms with Crippen LogP contribution in [0.4, 0.5) is 4.79 Å². The van der Waals surface area contributed by atoms with Gasteiger partial charge in [0.25, 0.3) is 0 Å². The van der Waals surface area contributed by atoms with Gasteiger partial charge in [0.1, 0.15) is 0 Å². The fraction of sp³-hybridized carbons (Fsp3) is 0.833. The number of carbonyl (C=O) groups excluding carboxylic acids is 1. The predicted molar refractivity (Wildman–Crippen MR) is 72.9 cm³/mol. The molecule has 0 aromatic rings. The first-order chi connectivity index (χ1) is 8.29. The summed E-state index contributed by atoms with van der Waals surface area (Å²) < 4.78 is 0. The zero-order valence-corrected chi connectivity index (χ0v) is 12.0. The molecular formula is C12H22N2O3S. The fourth-order valence-electron chi connectivity index (χ4n) is 1.74. The largest absolute Gasteiger partial charge is 0.481 e. The minimum absolute atomic E-state index is 0.0237. The minimum Gasteiger partial charge on any atom is -0.481 e. The topological polar surface area (TPSA) is 69.6 Å². The Balaban J connectivity index is 2.54. The smallest absolute Gasteiger partial charge is 0.317 e. The molecule has 1 heterocycles. The van der Waals surface area contributed by atoms with Gasteiger partial charge in [-0.1, -0.05) is 20.8 Å². The Morgan fingerprint density at radius 3 is 2.67 bits per heavy atom. The van der Waals surface area contributed by atoms with Gasteiger partial charge in [-0.15, -0.1) is 0 Å². The van der Waals surface area contributed by atoms with Gasteiger partial charge in [-0.3, -0.25) is 4.79 Å². The molecule has 18 heavy (non-hydrogen) atoms. The van der Waals surface area contributed by atoms with Crippen molar-refractivity contribution >= 4 is 23.8 Å². The van der Waals surface area contributed by atoms with Crippen molar-refractivity contribution in [3.8, 4) is 0 Å². The van der Waals surface area contributed by atoms with E-state index >= 15 is 0 Å². The zero-order valence-electron chi connectivity index (χ0n) is 11.2. The van der Waals surface area contributed by atoms with Crippen molar-refractivity contribution in [3.63, 3.8) is 0 Å². The second-order valence-electron chi connectivity index (χ2n) is 5.74. The van der Waals surface area contributed by atoms with Crippen LogP contribution < -0.4 is 5.32 Å². The molecule has 0 aliphatic carbocycles. The number of carboxylic acid groups (broad SMARTS) is 1. The Labute approximate surface area is 112 Å². The number of thioether (sulfide) groups is 1. The lowest BCUT2D eigenvalue weighted by Crippen LogP contribution is -2.52. The average Bonchev–Trinajstić information content (AvgIpc) is 2.25. The molecule has 1 unspecified atom stereocenters. The van der Waals surface area contributed by atoms with Crippen LogP contribution in [0.5, 0.6) is 0 Å². The third kappa shape index (κ3) is 5.16. The highest BCUT2D eigenvalue weighted by Gasteiger charge is 2.29. The molecule has 0 aromatic carbocycles. The Hall–Kier alpha value is -0.910. The SMILES string of the molecule is CC(C)(C)CNC(=O)N1CCSCC1CC(=O)O. The van der Waals surface area contributed by atoms with Gasteiger partial charge in [-0.05, 0) is 5.41 Å². The van der Waals surface area contributed by atoms with Crippen LogP contribution in [-0.2, 0) is 4.79 Å². The first-order valence-corrected chi connectivity index (χ1v) is 7.29. The number of nitrogens with zero attached hydrogens (tertiary/aromatic N) is 1. The predicted octanol–water partition coefficient (Wildman–Crippen LogP) is 1.63. The summed E-state index contributed by atoms with van der Waals surface area (Å²) in [5.41, 5.74) is 0.0302. The van der Waals surface area contributed by atoms with Crippen molar-refractivity contribution in [1.82, 2.24) is 10.2 Å². The molecule has 1 aliphatic rings. The monoisotopic (exact) mass is 274 g/mol. The molecule has 0 bridgehead atoms. The van der Waals surface area contributed by atoms with Crippen LogP contribution in [0.3, 0.4) is 0 Å². The van der Waals surface area contributed by atoms with E-state index in [4.69, 9.17) is 5.11 Å². The maximum Gasteiger partial charge on any atom is 0.317 e. The van der Waals surface area contributed by atoms with Crippen LogP contribution in [0.2, 0.25) is 0 Å². The molecule has 0 saturated carbocycles. The van der Waals surface area contributed by atoms with E-state index in [9.17, 15) is 9.59 Å².